The molecule has 0 aliphatic carbocycles. The fraction of sp³-hybridized carbons (Fsp3) is 0.0667. The Morgan fingerprint density at radius 3 is 1.84 bits per heavy atom. The Bertz CT molecular complexity index is 3100. The second-order valence-electron chi connectivity index (χ2n) is 14.4. The van der Waals surface area contributed by atoms with Crippen molar-refractivity contribution in [3.63, 3.8) is 0 Å². The Labute approximate surface area is 301 Å². The van der Waals surface area contributed by atoms with Crippen molar-refractivity contribution >= 4 is 135 Å². The summed E-state index contributed by atoms with van der Waals surface area (Å²) in [6, 6.07) is 50.8. The van der Waals surface area contributed by atoms with Crippen molar-refractivity contribution in [3.05, 3.63) is 145 Å². The molecule has 0 fully saturated rings. The summed E-state index contributed by atoms with van der Waals surface area (Å²) in [7, 11) is 0. The summed E-state index contributed by atoms with van der Waals surface area (Å²) in [6.45, 7) is 5.06. The van der Waals surface area contributed by atoms with Crippen molar-refractivity contribution in [2.24, 2.45) is 0 Å². The molecule has 0 saturated heterocycles. The highest BCUT2D eigenvalue weighted by molar-refractivity contribution is 7.26. The Morgan fingerprint density at radius 1 is 0.480 bits per heavy atom. The standard InChI is InChI=1S/C45H28BNS3/c1-45(2)31-14-6-7-15-32(31)46-33-22-30-27-12-4-9-17-37(27)49-40(30)23-34(33)47(25-19-20-28-26-11-3-8-16-36(26)48-39(28)21-25)35-24-41-42(43(45)44(35)46)29-13-5-10-18-38(29)50-41/h3-24H,1-2H3. The van der Waals surface area contributed by atoms with Crippen LogP contribution < -0.4 is 21.3 Å². The molecule has 12 rings (SSSR count). The van der Waals surface area contributed by atoms with E-state index >= 15 is 0 Å². The molecule has 10 aromatic rings. The van der Waals surface area contributed by atoms with Gasteiger partial charge in [-0.1, -0.05) is 110 Å². The second-order valence-corrected chi connectivity index (χ2v) is 17.7. The first-order valence-electron chi connectivity index (χ1n) is 17.3. The minimum atomic E-state index is -0.182. The van der Waals surface area contributed by atoms with Crippen LogP contribution in [-0.2, 0) is 5.41 Å². The van der Waals surface area contributed by atoms with Gasteiger partial charge in [0.25, 0.3) is 0 Å². The van der Waals surface area contributed by atoms with Gasteiger partial charge < -0.3 is 4.90 Å². The van der Waals surface area contributed by atoms with Gasteiger partial charge in [0.15, 0.2) is 0 Å². The fourth-order valence-electron chi connectivity index (χ4n) is 9.41. The predicted octanol–water partition coefficient (Wildman–Crippen LogP) is 11.7. The smallest absolute Gasteiger partial charge is 0.247 e. The van der Waals surface area contributed by atoms with Crippen molar-refractivity contribution in [3.8, 4) is 0 Å². The number of anilines is 3. The first kappa shape index (κ1) is 27.8. The van der Waals surface area contributed by atoms with Gasteiger partial charge in [-0.15, -0.1) is 34.0 Å². The molecule has 0 unspecified atom stereocenters. The maximum absolute atomic E-state index is 2.62. The van der Waals surface area contributed by atoms with Crippen LogP contribution in [-0.4, -0.2) is 6.71 Å². The molecule has 0 saturated carbocycles. The largest absolute Gasteiger partial charge is 0.311 e. The summed E-state index contributed by atoms with van der Waals surface area (Å²) in [6.07, 6.45) is 0. The van der Waals surface area contributed by atoms with Gasteiger partial charge in [0.05, 0.1) is 0 Å². The van der Waals surface area contributed by atoms with E-state index in [4.69, 9.17) is 0 Å². The molecular formula is C45H28BNS3. The SMILES string of the molecule is CC1(C)c2ccccc2B2c3cc4c(cc3N(c3ccc5c(c3)sc3ccccc35)c3cc5sc6ccccc6c5c1c32)sc1ccccc14. The van der Waals surface area contributed by atoms with Gasteiger partial charge in [-0.25, -0.2) is 0 Å². The minimum Gasteiger partial charge on any atom is -0.311 e. The van der Waals surface area contributed by atoms with Crippen molar-refractivity contribution in [2.75, 3.05) is 4.90 Å². The molecular weight excluding hydrogens is 662 g/mol. The zero-order chi connectivity index (χ0) is 32.9. The molecule has 2 aliphatic heterocycles. The Hall–Kier alpha value is -4.94. The molecule has 50 heavy (non-hydrogen) atoms. The van der Waals surface area contributed by atoms with Gasteiger partial charge in [0.1, 0.15) is 0 Å². The van der Waals surface area contributed by atoms with Crippen molar-refractivity contribution in [1.82, 2.24) is 0 Å². The van der Waals surface area contributed by atoms with Gasteiger partial charge >= 0.3 is 0 Å². The monoisotopic (exact) mass is 689 g/mol. The van der Waals surface area contributed by atoms with E-state index in [2.05, 4.69) is 152 Å². The summed E-state index contributed by atoms with van der Waals surface area (Å²) in [5.74, 6) is 0. The number of hydrogen-bond donors (Lipinski definition) is 0. The summed E-state index contributed by atoms with van der Waals surface area (Å²) < 4.78 is 8.08. The molecule has 3 aromatic heterocycles. The Kier molecular flexibility index (Phi) is 5.37. The van der Waals surface area contributed by atoms with Crippen LogP contribution in [0.15, 0.2) is 133 Å². The molecule has 0 radical (unpaired) electrons. The lowest BCUT2D eigenvalue weighted by Crippen LogP contribution is -2.64. The van der Waals surface area contributed by atoms with Crippen molar-refractivity contribution in [2.45, 2.75) is 19.3 Å². The summed E-state index contributed by atoms with van der Waals surface area (Å²) in [4.78, 5) is 2.62. The molecule has 5 heteroatoms. The van der Waals surface area contributed by atoms with Crippen LogP contribution >= 0.6 is 34.0 Å². The third-order valence-electron chi connectivity index (χ3n) is 11.5. The van der Waals surface area contributed by atoms with Gasteiger partial charge in [-0.2, -0.15) is 0 Å². The zero-order valence-electron chi connectivity index (χ0n) is 27.5. The van der Waals surface area contributed by atoms with Crippen molar-refractivity contribution in [1.29, 1.82) is 0 Å². The highest BCUT2D eigenvalue weighted by Gasteiger charge is 2.47. The van der Waals surface area contributed by atoms with E-state index in [-0.39, 0.29) is 12.1 Å². The fourth-order valence-corrected chi connectivity index (χ4v) is 12.8. The molecule has 0 N–H and O–H groups in total. The molecule has 234 valence electrons. The number of rotatable bonds is 1. The molecule has 0 amide bonds. The van der Waals surface area contributed by atoms with Gasteiger partial charge in [0, 0.05) is 77.6 Å². The number of nitrogens with zero attached hydrogens (tertiary/aromatic N) is 1. The summed E-state index contributed by atoms with van der Waals surface area (Å²) >= 11 is 5.75. The van der Waals surface area contributed by atoms with Gasteiger partial charge in [-0.05, 0) is 69.9 Å². The van der Waals surface area contributed by atoms with Crippen LogP contribution in [0.1, 0.15) is 25.0 Å². The third kappa shape index (κ3) is 3.48. The van der Waals surface area contributed by atoms with Gasteiger partial charge in [0.2, 0.25) is 6.71 Å². The molecule has 7 aromatic carbocycles. The molecule has 0 atom stereocenters. The van der Waals surface area contributed by atoms with Crippen LogP contribution in [0.4, 0.5) is 17.1 Å². The zero-order valence-corrected chi connectivity index (χ0v) is 29.9. The van der Waals surface area contributed by atoms with E-state index in [1.807, 2.05) is 34.0 Å². The molecule has 2 aliphatic rings. The van der Waals surface area contributed by atoms with Crippen LogP contribution in [0.3, 0.4) is 0 Å². The Morgan fingerprint density at radius 2 is 1.06 bits per heavy atom. The Balaban J connectivity index is 1.27. The van der Waals surface area contributed by atoms with Crippen LogP contribution in [0, 0.1) is 0 Å². The van der Waals surface area contributed by atoms with Crippen LogP contribution in [0.5, 0.6) is 0 Å². The first-order valence-corrected chi connectivity index (χ1v) is 19.7. The maximum atomic E-state index is 2.62. The van der Waals surface area contributed by atoms with E-state index in [1.165, 1.54) is 105 Å². The summed E-state index contributed by atoms with van der Waals surface area (Å²) in [5, 5.41) is 8.19. The number of fused-ring (bicyclic) bond motifs is 14. The molecule has 0 spiro atoms. The first-order chi connectivity index (χ1) is 24.5. The lowest BCUT2D eigenvalue weighted by molar-refractivity contribution is 0.652. The van der Waals surface area contributed by atoms with Crippen LogP contribution in [0.25, 0.3) is 60.5 Å². The third-order valence-corrected chi connectivity index (χ3v) is 14.9. The van der Waals surface area contributed by atoms with E-state index < -0.39 is 0 Å². The van der Waals surface area contributed by atoms with E-state index in [9.17, 15) is 0 Å². The normalized spacial score (nSPS) is 14.7. The average Bonchev–Trinajstić information content (AvgIpc) is 3.82. The maximum Gasteiger partial charge on any atom is 0.247 e. The van der Waals surface area contributed by atoms with Crippen LogP contribution in [0.2, 0.25) is 0 Å². The van der Waals surface area contributed by atoms with E-state index in [0.29, 0.717) is 0 Å². The number of hydrogen-bond acceptors (Lipinski definition) is 4. The molecule has 0 bridgehead atoms. The predicted molar refractivity (Wildman–Crippen MR) is 223 cm³/mol. The quantitative estimate of drug-likeness (QED) is 0.155. The highest BCUT2D eigenvalue weighted by Crippen LogP contribution is 2.50. The van der Waals surface area contributed by atoms with E-state index in [1.54, 1.807) is 0 Å². The lowest BCUT2D eigenvalue weighted by Gasteiger charge is -2.45. The second kappa shape index (κ2) is 9.64. The van der Waals surface area contributed by atoms with Crippen molar-refractivity contribution < 1.29 is 0 Å². The number of benzene rings is 7. The number of thiophene rings is 3. The van der Waals surface area contributed by atoms with E-state index in [0.717, 1.165) is 0 Å². The topological polar surface area (TPSA) is 3.24 Å². The highest BCUT2D eigenvalue weighted by atomic mass is 32.1. The minimum absolute atomic E-state index is 0.134. The lowest BCUT2D eigenvalue weighted by atomic mass is 9.30. The van der Waals surface area contributed by atoms with Gasteiger partial charge in [-0.3, -0.25) is 0 Å². The average molecular weight is 690 g/mol. The molecule has 5 heterocycles. The summed E-state index contributed by atoms with van der Waals surface area (Å²) in [5.41, 5.74) is 10.9. The molecule has 1 nitrogen and oxygen atoms in total.